The second kappa shape index (κ2) is 9.93. The zero-order chi connectivity index (χ0) is 20.0. The van der Waals surface area contributed by atoms with Gasteiger partial charge in [-0.25, -0.2) is 0 Å². The molecule has 1 N–H and O–H groups in total. The molecule has 0 saturated carbocycles. The highest BCUT2D eigenvalue weighted by atomic mass is 19.4. The monoisotopic (exact) mass is 392 g/mol. The smallest absolute Gasteiger partial charge is 0.355 e. The molecule has 2 saturated heterocycles. The minimum Gasteiger partial charge on any atom is -0.355 e. The third-order valence-corrected chi connectivity index (χ3v) is 5.64. The van der Waals surface area contributed by atoms with Crippen molar-refractivity contribution < 1.29 is 13.2 Å². The summed E-state index contributed by atoms with van der Waals surface area (Å²) >= 11 is 0. The molecule has 0 bridgehead atoms. The molecule has 0 amide bonds. The van der Waals surface area contributed by atoms with Crippen LogP contribution in [0.1, 0.15) is 13.3 Å². The third-order valence-electron chi connectivity index (χ3n) is 5.64. The Labute approximate surface area is 161 Å². The van der Waals surface area contributed by atoms with Gasteiger partial charge in [0.05, 0.1) is 6.54 Å². The van der Waals surface area contributed by atoms with Gasteiger partial charge in [-0.3, -0.25) is 14.8 Å². The van der Waals surface area contributed by atoms with Crippen LogP contribution >= 0.6 is 0 Å². The molecular formula is C18H35F3N6. The lowest BCUT2D eigenvalue weighted by Crippen LogP contribution is -2.55. The number of aliphatic imine (C=N–C) groups is 1. The highest BCUT2D eigenvalue weighted by Crippen LogP contribution is 2.21. The number of hydrogen-bond acceptors (Lipinski definition) is 4. The van der Waals surface area contributed by atoms with E-state index < -0.39 is 12.7 Å². The number of nitrogens with zero attached hydrogens (tertiary/aromatic N) is 5. The number of nitrogens with one attached hydrogen (secondary N) is 1. The zero-order valence-electron chi connectivity index (χ0n) is 17.1. The number of likely N-dealkylation sites (N-methyl/N-ethyl adjacent to an activating group) is 2. The third kappa shape index (κ3) is 7.12. The number of likely N-dealkylation sites (tertiary alicyclic amines) is 1. The van der Waals surface area contributed by atoms with Crippen LogP contribution in [-0.4, -0.2) is 118 Å². The van der Waals surface area contributed by atoms with Crippen molar-refractivity contribution in [2.24, 2.45) is 10.9 Å². The van der Waals surface area contributed by atoms with Gasteiger partial charge in [0.2, 0.25) is 0 Å². The van der Waals surface area contributed by atoms with Crippen LogP contribution in [-0.2, 0) is 0 Å². The fourth-order valence-corrected chi connectivity index (χ4v) is 3.96. The van der Waals surface area contributed by atoms with Crippen LogP contribution in [0.3, 0.4) is 0 Å². The molecule has 2 fully saturated rings. The van der Waals surface area contributed by atoms with Crippen molar-refractivity contribution in [2.45, 2.75) is 25.6 Å². The summed E-state index contributed by atoms with van der Waals surface area (Å²) in [5.41, 5.74) is 0. The maximum absolute atomic E-state index is 12.7. The lowest BCUT2D eigenvalue weighted by Gasteiger charge is -2.38. The van der Waals surface area contributed by atoms with Crippen molar-refractivity contribution in [3.05, 3.63) is 0 Å². The molecule has 0 radical (unpaired) electrons. The Morgan fingerprint density at radius 3 is 2.56 bits per heavy atom. The maximum atomic E-state index is 12.7. The summed E-state index contributed by atoms with van der Waals surface area (Å²) in [5, 5.41) is 3.47. The molecule has 2 aliphatic rings. The molecule has 0 spiro atoms. The second-order valence-electron chi connectivity index (χ2n) is 7.87. The highest BCUT2D eigenvalue weighted by molar-refractivity contribution is 5.80. The van der Waals surface area contributed by atoms with Gasteiger partial charge in [-0.15, -0.1) is 0 Å². The van der Waals surface area contributed by atoms with Crippen LogP contribution in [0.4, 0.5) is 13.2 Å². The van der Waals surface area contributed by atoms with Crippen LogP contribution in [0.2, 0.25) is 0 Å². The summed E-state index contributed by atoms with van der Waals surface area (Å²) in [6.45, 7) is 7.45. The molecule has 0 aromatic carbocycles. The molecular weight excluding hydrogens is 357 g/mol. The molecule has 2 aliphatic heterocycles. The standard InChI is InChI=1S/C18H35F3N6/c1-5-26(14-18(19,20)21)11-15-6-7-27(12-15)17(22-2)23-10-16-13-24(3)8-9-25(16)4/h15-16H,5-14H2,1-4H3,(H,22,23). The fraction of sp³-hybridized carbons (Fsp3) is 0.944. The van der Waals surface area contributed by atoms with Gasteiger partial charge in [0.15, 0.2) is 5.96 Å². The van der Waals surface area contributed by atoms with Gasteiger partial charge >= 0.3 is 6.18 Å². The van der Waals surface area contributed by atoms with Crippen LogP contribution in [0.25, 0.3) is 0 Å². The Balaban J connectivity index is 1.81. The van der Waals surface area contributed by atoms with Crippen LogP contribution in [0.15, 0.2) is 4.99 Å². The van der Waals surface area contributed by atoms with E-state index in [1.54, 1.807) is 14.0 Å². The lowest BCUT2D eigenvalue weighted by atomic mass is 10.1. The number of piperazine rings is 1. The Kier molecular flexibility index (Phi) is 8.18. The molecule has 2 heterocycles. The maximum Gasteiger partial charge on any atom is 0.401 e. The van der Waals surface area contributed by atoms with Crippen molar-refractivity contribution in [3.8, 4) is 0 Å². The largest absolute Gasteiger partial charge is 0.401 e. The Morgan fingerprint density at radius 1 is 1.19 bits per heavy atom. The SMILES string of the molecule is CCN(CC1CCN(C(=NC)NCC2CN(C)CCN2C)C1)CC(F)(F)F. The average Bonchev–Trinajstić information content (AvgIpc) is 3.05. The molecule has 0 aromatic heterocycles. The van der Waals surface area contributed by atoms with Gasteiger partial charge in [0, 0.05) is 58.9 Å². The van der Waals surface area contributed by atoms with Gasteiger partial charge in [-0.1, -0.05) is 6.92 Å². The summed E-state index contributed by atoms with van der Waals surface area (Å²) in [7, 11) is 6.06. The van der Waals surface area contributed by atoms with Crippen molar-refractivity contribution in [1.82, 2.24) is 24.9 Å². The molecule has 2 atom stereocenters. The Hall–Kier alpha value is -1.06. The normalized spacial score (nSPS) is 26.2. The minimum atomic E-state index is -4.13. The first-order valence-electron chi connectivity index (χ1n) is 9.85. The number of alkyl halides is 3. The van der Waals surface area contributed by atoms with E-state index in [1.807, 2.05) is 0 Å². The number of hydrogen-bond donors (Lipinski definition) is 1. The van der Waals surface area contributed by atoms with Gasteiger partial charge in [0.1, 0.15) is 0 Å². The van der Waals surface area contributed by atoms with Gasteiger partial charge < -0.3 is 15.1 Å². The van der Waals surface area contributed by atoms with E-state index >= 15 is 0 Å². The average molecular weight is 393 g/mol. The zero-order valence-corrected chi connectivity index (χ0v) is 17.1. The Bertz CT molecular complexity index is 484. The predicted octanol–water partition coefficient (Wildman–Crippen LogP) is 1.01. The summed E-state index contributed by atoms with van der Waals surface area (Å²) in [5.74, 6) is 1.10. The van der Waals surface area contributed by atoms with Crippen molar-refractivity contribution in [1.29, 1.82) is 0 Å². The van der Waals surface area contributed by atoms with Crippen LogP contribution < -0.4 is 5.32 Å². The molecule has 158 valence electrons. The number of guanidine groups is 1. The van der Waals surface area contributed by atoms with Gasteiger partial charge in [-0.2, -0.15) is 13.2 Å². The van der Waals surface area contributed by atoms with E-state index in [0.717, 1.165) is 51.6 Å². The van der Waals surface area contributed by atoms with Crippen LogP contribution in [0.5, 0.6) is 0 Å². The van der Waals surface area contributed by atoms with Gasteiger partial charge in [-0.05, 0) is 33.0 Å². The van der Waals surface area contributed by atoms with E-state index in [0.29, 0.717) is 19.1 Å². The summed E-state index contributed by atoms with van der Waals surface area (Å²) < 4.78 is 38.0. The fourth-order valence-electron chi connectivity index (χ4n) is 3.96. The van der Waals surface area contributed by atoms with E-state index in [-0.39, 0.29) is 5.92 Å². The molecule has 27 heavy (non-hydrogen) atoms. The van der Waals surface area contributed by atoms with Crippen molar-refractivity contribution in [2.75, 3.05) is 80.0 Å². The molecule has 2 rings (SSSR count). The van der Waals surface area contributed by atoms with Gasteiger partial charge in [0.25, 0.3) is 0 Å². The highest BCUT2D eigenvalue weighted by Gasteiger charge is 2.33. The molecule has 6 nitrogen and oxygen atoms in total. The first kappa shape index (κ1) is 22.2. The Morgan fingerprint density at radius 2 is 1.93 bits per heavy atom. The first-order chi connectivity index (χ1) is 12.7. The molecule has 2 unspecified atom stereocenters. The minimum absolute atomic E-state index is 0.245. The summed E-state index contributed by atoms with van der Waals surface area (Å²) in [4.78, 5) is 12.8. The van der Waals surface area contributed by atoms with E-state index in [9.17, 15) is 13.2 Å². The van der Waals surface area contributed by atoms with E-state index in [2.05, 4.69) is 39.1 Å². The van der Waals surface area contributed by atoms with Crippen LogP contribution in [0, 0.1) is 5.92 Å². The topological polar surface area (TPSA) is 37.4 Å². The summed E-state index contributed by atoms with van der Waals surface area (Å²) in [6, 6.07) is 0.432. The predicted molar refractivity (Wildman–Crippen MR) is 103 cm³/mol. The van der Waals surface area contributed by atoms with E-state index in [4.69, 9.17) is 0 Å². The van der Waals surface area contributed by atoms with E-state index in [1.165, 1.54) is 4.90 Å². The quantitative estimate of drug-likeness (QED) is 0.540. The number of halogens is 3. The second-order valence-corrected chi connectivity index (χ2v) is 7.87. The molecule has 9 heteroatoms. The molecule has 0 aliphatic carbocycles. The first-order valence-corrected chi connectivity index (χ1v) is 9.85. The lowest BCUT2D eigenvalue weighted by molar-refractivity contribution is -0.146. The van der Waals surface area contributed by atoms with Crippen molar-refractivity contribution >= 4 is 5.96 Å². The van der Waals surface area contributed by atoms with Crippen molar-refractivity contribution in [3.63, 3.8) is 0 Å². The molecule has 0 aromatic rings. The number of rotatable bonds is 6. The summed E-state index contributed by atoms with van der Waals surface area (Å²) in [6.07, 6.45) is -3.23.